The summed E-state index contributed by atoms with van der Waals surface area (Å²) in [5.41, 5.74) is 4.30. The smallest absolute Gasteiger partial charge is 0.410 e. The molecule has 2 atom stereocenters. The van der Waals surface area contributed by atoms with E-state index in [0.717, 1.165) is 31.8 Å². The molecule has 3 aliphatic heterocycles. The lowest BCUT2D eigenvalue weighted by Gasteiger charge is -2.52. The predicted octanol–water partition coefficient (Wildman–Crippen LogP) is 8.97. The molecule has 0 spiro atoms. The van der Waals surface area contributed by atoms with Crippen molar-refractivity contribution in [2.45, 2.75) is 65.4 Å². The van der Waals surface area contributed by atoms with E-state index in [1.807, 2.05) is 99.0 Å². The van der Waals surface area contributed by atoms with Crippen molar-refractivity contribution in [3.63, 3.8) is 0 Å². The Bertz CT molecular complexity index is 2500. The summed E-state index contributed by atoms with van der Waals surface area (Å²) in [5, 5.41) is 0.598. The second-order valence-corrected chi connectivity index (χ2v) is 17.7. The first kappa shape index (κ1) is 41.4. The number of piperazine rings is 1. The van der Waals surface area contributed by atoms with E-state index in [9.17, 15) is 9.59 Å². The molecular formula is C45H45ClFIN6O6. The van der Waals surface area contributed by atoms with Gasteiger partial charge in [0.05, 0.1) is 55.3 Å². The van der Waals surface area contributed by atoms with E-state index in [1.165, 1.54) is 0 Å². The monoisotopic (exact) mass is 946 g/mol. The van der Waals surface area contributed by atoms with Crippen molar-refractivity contribution in [1.29, 1.82) is 0 Å². The van der Waals surface area contributed by atoms with Crippen LogP contribution in [0.2, 0.25) is 5.02 Å². The van der Waals surface area contributed by atoms with Crippen LogP contribution < -0.4 is 28.9 Å². The molecule has 5 heterocycles. The predicted molar refractivity (Wildman–Crippen MR) is 239 cm³/mol. The molecule has 3 aromatic carbocycles. The fraction of sp³-hybridized carbons (Fsp3) is 0.356. The Morgan fingerprint density at radius 3 is 2.22 bits per heavy atom. The number of methoxy groups -OCH3 is 2. The summed E-state index contributed by atoms with van der Waals surface area (Å²) in [4.78, 5) is 43.8. The summed E-state index contributed by atoms with van der Waals surface area (Å²) in [6.07, 6.45) is -0.474. The van der Waals surface area contributed by atoms with E-state index < -0.39 is 23.6 Å². The first-order valence-electron chi connectivity index (χ1n) is 19.6. The summed E-state index contributed by atoms with van der Waals surface area (Å²) >= 11 is 9.42. The Labute approximate surface area is 366 Å². The number of carbonyl (C=O) groups is 1. The lowest BCUT2D eigenvalue weighted by Crippen LogP contribution is -2.64. The number of carbonyl (C=O) groups excluding carboxylic acids is 2. The van der Waals surface area contributed by atoms with Gasteiger partial charge in [0.1, 0.15) is 52.4 Å². The van der Waals surface area contributed by atoms with E-state index in [2.05, 4.69) is 33.4 Å². The molecule has 60 heavy (non-hydrogen) atoms. The molecule has 0 unspecified atom stereocenters. The largest absolute Gasteiger partial charge is 0.497 e. The van der Waals surface area contributed by atoms with E-state index in [-0.39, 0.29) is 41.2 Å². The van der Waals surface area contributed by atoms with Gasteiger partial charge < -0.3 is 38.5 Å². The van der Waals surface area contributed by atoms with Crippen molar-refractivity contribution in [2.75, 3.05) is 55.2 Å². The van der Waals surface area contributed by atoms with Gasteiger partial charge in [-0.05, 0) is 110 Å². The molecule has 0 N–H and O–H groups in total. The van der Waals surface area contributed by atoms with Crippen molar-refractivity contribution in [3.05, 3.63) is 97.5 Å². The zero-order valence-electron chi connectivity index (χ0n) is 34.4. The molecule has 12 nitrogen and oxygen atoms in total. The number of anilines is 3. The highest BCUT2D eigenvalue weighted by molar-refractivity contribution is 14.1. The minimum absolute atomic E-state index is 0.0542. The highest BCUT2D eigenvalue weighted by Crippen LogP contribution is 2.53. The summed E-state index contributed by atoms with van der Waals surface area (Å²) in [6, 6.07) is 18.5. The van der Waals surface area contributed by atoms with E-state index in [1.54, 1.807) is 25.2 Å². The number of pyridine rings is 2. The number of ether oxygens (including phenoxy) is 4. The van der Waals surface area contributed by atoms with Crippen molar-refractivity contribution < 1.29 is 32.9 Å². The molecule has 8 rings (SSSR count). The number of fused-ring (bicyclic) bond motifs is 4. The number of rotatable bonds is 8. The number of halogens is 3. The molecular weight excluding hydrogens is 902 g/mol. The van der Waals surface area contributed by atoms with E-state index in [4.69, 9.17) is 40.5 Å². The third-order valence-electron chi connectivity index (χ3n) is 11.0. The van der Waals surface area contributed by atoms with Crippen LogP contribution in [-0.4, -0.2) is 85.0 Å². The Hall–Kier alpha value is -5.31. The fourth-order valence-electron chi connectivity index (χ4n) is 8.14. The van der Waals surface area contributed by atoms with Crippen molar-refractivity contribution >= 4 is 74.3 Å². The zero-order valence-corrected chi connectivity index (χ0v) is 37.4. The maximum atomic E-state index is 17.6. The molecule has 0 saturated carbocycles. The normalized spacial score (nSPS) is 17.1. The quantitative estimate of drug-likeness (QED) is 0.110. The third-order valence-corrected chi connectivity index (χ3v) is 12.7. The number of aryl methyl sites for hydroxylation is 1. The number of hydrogen-bond acceptors (Lipinski definition) is 11. The molecule has 5 aromatic rings. The lowest BCUT2D eigenvalue weighted by atomic mass is 9.95. The second kappa shape index (κ2) is 16.3. The van der Waals surface area contributed by atoms with Crippen LogP contribution in [0.4, 0.5) is 26.4 Å². The molecule has 1 fully saturated rings. The molecule has 15 heteroatoms. The average molecular weight is 947 g/mol. The van der Waals surface area contributed by atoms with Gasteiger partial charge in [0.2, 0.25) is 5.88 Å². The minimum Gasteiger partial charge on any atom is -0.497 e. The summed E-state index contributed by atoms with van der Waals surface area (Å²) < 4.78 is 41.0. The van der Waals surface area contributed by atoms with Gasteiger partial charge in [0.15, 0.2) is 5.82 Å². The number of benzene rings is 3. The summed E-state index contributed by atoms with van der Waals surface area (Å²) in [6.45, 7) is 11.4. The fourth-order valence-corrected chi connectivity index (χ4v) is 8.97. The molecule has 2 aromatic heterocycles. The van der Waals surface area contributed by atoms with Gasteiger partial charge in [0.25, 0.3) is 0 Å². The Balaban J connectivity index is 1.25. The van der Waals surface area contributed by atoms with Gasteiger partial charge in [0, 0.05) is 34.6 Å². The zero-order chi connectivity index (χ0) is 42.6. The topological polar surface area (TPSA) is 110 Å². The van der Waals surface area contributed by atoms with Gasteiger partial charge in [-0.25, -0.2) is 23.9 Å². The van der Waals surface area contributed by atoms with Gasteiger partial charge in [-0.1, -0.05) is 35.9 Å². The molecule has 312 valence electrons. The van der Waals surface area contributed by atoms with Crippen molar-refractivity contribution in [2.24, 2.45) is 0 Å². The first-order valence-corrected chi connectivity index (χ1v) is 21.1. The average Bonchev–Trinajstić information content (AvgIpc) is 3.22. The highest BCUT2D eigenvalue weighted by atomic mass is 127. The van der Waals surface area contributed by atoms with E-state index >= 15 is 4.39 Å². The highest BCUT2D eigenvalue weighted by Gasteiger charge is 2.47. The number of hydrogen-bond donors (Lipinski definition) is 0. The summed E-state index contributed by atoms with van der Waals surface area (Å²) in [5.74, 6) is 3.85. The molecule has 0 radical (unpaired) electrons. The Morgan fingerprint density at radius 2 is 1.63 bits per heavy atom. The van der Waals surface area contributed by atoms with Crippen LogP contribution in [0.25, 0.3) is 22.2 Å². The number of nitrogens with zero attached hydrogens (tertiary/aromatic N) is 6. The lowest BCUT2D eigenvalue weighted by molar-refractivity contribution is 0.0134. The number of aromatic nitrogens is 2. The van der Waals surface area contributed by atoms with Crippen molar-refractivity contribution in [3.8, 4) is 28.6 Å². The van der Waals surface area contributed by atoms with Crippen molar-refractivity contribution in [1.82, 2.24) is 14.9 Å². The Morgan fingerprint density at radius 1 is 1.00 bits per heavy atom. The first-order chi connectivity index (χ1) is 28.7. The Kier molecular flexibility index (Phi) is 11.2. The second-order valence-electron chi connectivity index (χ2n) is 16.2. The number of amides is 1. The van der Waals surface area contributed by atoms with Crippen LogP contribution in [0.5, 0.6) is 17.4 Å². The van der Waals surface area contributed by atoms with Crippen LogP contribution in [0.15, 0.2) is 66.4 Å². The van der Waals surface area contributed by atoms with Gasteiger partial charge in [-0.15, -0.1) is 0 Å². The maximum Gasteiger partial charge on any atom is 0.410 e. The van der Waals surface area contributed by atoms with Crippen LogP contribution >= 0.6 is 34.2 Å². The van der Waals surface area contributed by atoms with Gasteiger partial charge in [-0.3, -0.25) is 0 Å². The minimum atomic E-state index is -0.709. The van der Waals surface area contributed by atoms with Crippen LogP contribution in [0.3, 0.4) is 0 Å². The molecule has 1 amide bonds. The molecule has 0 bridgehead atoms. The van der Waals surface area contributed by atoms with Gasteiger partial charge in [-0.2, -0.15) is 0 Å². The van der Waals surface area contributed by atoms with Crippen LogP contribution in [0.1, 0.15) is 44.4 Å². The standard InChI is InChI=1S/C45H45ClFIN6O6/c1-25-18-35(51(21-27-8-12-29(57-6)13-9-27)22-28-10-14-30(58-7)15-11-28)49-40(38(25)48)36-32(46)19-31-39(37(36)47)50-43-42-41(31)54-20-26(2)53(44(56)60-45(3,4)5)23-33(54)34(24-55)52(42)16-17-59-43/h8-15,18-19,26,33H,16-17,20-23H2,1-7H3/t26-,33-/m1/s1. The SMILES string of the molecule is COc1ccc(CN(Cc2ccc(OC)cc2)c2cc(C)c(I)c(-c3c(Cl)cc4c5c6c(nc4c3F)OCCN6C(=C=O)[C@H]3CN(C(=O)OC(C)(C)C)[C@H](C)CN53)n2)cc1. The molecule has 3 aliphatic rings. The molecule has 1 saturated heterocycles. The van der Waals surface area contributed by atoms with Crippen LogP contribution in [0, 0.1) is 16.3 Å². The van der Waals surface area contributed by atoms with E-state index in [0.29, 0.717) is 60.1 Å². The van der Waals surface area contributed by atoms with Gasteiger partial charge >= 0.3 is 6.09 Å². The molecule has 0 aliphatic carbocycles. The third kappa shape index (κ3) is 7.65. The van der Waals surface area contributed by atoms with Crippen LogP contribution in [-0.2, 0) is 22.6 Å². The summed E-state index contributed by atoms with van der Waals surface area (Å²) in [7, 11) is 3.27. The maximum absolute atomic E-state index is 17.6.